The van der Waals surface area contributed by atoms with Gasteiger partial charge in [-0.15, -0.1) is 0 Å². The average molecular weight is 457 g/mol. The van der Waals surface area contributed by atoms with E-state index in [4.69, 9.17) is 9.47 Å². The molecule has 166 valence electrons. The van der Waals surface area contributed by atoms with E-state index in [-0.39, 0.29) is 4.90 Å². The van der Waals surface area contributed by atoms with Crippen molar-refractivity contribution in [3.05, 3.63) is 72.5 Å². The maximum atomic E-state index is 12.9. The van der Waals surface area contributed by atoms with Gasteiger partial charge >= 0.3 is 6.03 Å². The van der Waals surface area contributed by atoms with Crippen LogP contribution in [-0.4, -0.2) is 27.7 Å². The lowest BCUT2D eigenvalue weighted by Gasteiger charge is -2.12. The molecular formula is C22H20FN3O5S. The number of hydrogen-bond acceptors (Lipinski definition) is 5. The summed E-state index contributed by atoms with van der Waals surface area (Å²) in [6.07, 6.45) is 0.720. The molecule has 1 heterocycles. The average Bonchev–Trinajstić information content (AvgIpc) is 3.01. The Morgan fingerprint density at radius 2 is 1.34 bits per heavy atom. The Labute approximate surface area is 184 Å². The molecule has 2 amide bonds. The molecule has 3 N–H and O–H groups in total. The van der Waals surface area contributed by atoms with Gasteiger partial charge in [0, 0.05) is 29.5 Å². The number of nitrogens with one attached hydrogen (secondary N) is 3. The maximum Gasteiger partial charge on any atom is 0.323 e. The van der Waals surface area contributed by atoms with E-state index in [1.165, 1.54) is 48.5 Å². The molecule has 3 aromatic rings. The predicted octanol–water partition coefficient (Wildman–Crippen LogP) is 4.43. The topological polar surface area (TPSA) is 106 Å². The van der Waals surface area contributed by atoms with Gasteiger partial charge in [0.05, 0.1) is 18.1 Å². The number of fused-ring (bicyclic) bond motifs is 1. The summed E-state index contributed by atoms with van der Waals surface area (Å²) >= 11 is 0. The second kappa shape index (κ2) is 9.15. The highest BCUT2D eigenvalue weighted by Gasteiger charge is 2.19. The van der Waals surface area contributed by atoms with Crippen molar-refractivity contribution in [2.24, 2.45) is 0 Å². The molecule has 1 aliphatic rings. The molecule has 3 aromatic carbocycles. The van der Waals surface area contributed by atoms with Crippen LogP contribution in [0.2, 0.25) is 0 Å². The number of ether oxygens (including phenoxy) is 2. The van der Waals surface area contributed by atoms with Gasteiger partial charge in [0.25, 0.3) is 10.0 Å². The van der Waals surface area contributed by atoms with E-state index in [2.05, 4.69) is 15.4 Å². The van der Waals surface area contributed by atoms with Crippen molar-refractivity contribution < 1.29 is 27.1 Å². The lowest BCUT2D eigenvalue weighted by molar-refractivity contribution is 0.262. The Morgan fingerprint density at radius 1 is 0.781 bits per heavy atom. The van der Waals surface area contributed by atoms with E-state index >= 15 is 0 Å². The van der Waals surface area contributed by atoms with Crippen LogP contribution in [0.5, 0.6) is 11.5 Å². The number of carbonyl (C=O) groups excluding carboxylic acids is 1. The van der Waals surface area contributed by atoms with Gasteiger partial charge in [-0.3, -0.25) is 4.72 Å². The van der Waals surface area contributed by atoms with Crippen molar-refractivity contribution in [3.8, 4) is 11.5 Å². The summed E-state index contributed by atoms with van der Waals surface area (Å²) in [5.74, 6) is 0.494. The Balaban J connectivity index is 1.40. The third-order valence-electron chi connectivity index (χ3n) is 4.53. The van der Waals surface area contributed by atoms with Gasteiger partial charge in [0.2, 0.25) is 0 Å². The first-order chi connectivity index (χ1) is 15.4. The van der Waals surface area contributed by atoms with Crippen LogP contribution in [0.1, 0.15) is 6.42 Å². The first kappa shape index (κ1) is 21.4. The number of hydrogen-bond donors (Lipinski definition) is 3. The smallest absolute Gasteiger partial charge is 0.323 e. The zero-order valence-corrected chi connectivity index (χ0v) is 17.6. The minimum atomic E-state index is -3.85. The van der Waals surface area contributed by atoms with E-state index in [1.54, 1.807) is 18.2 Å². The van der Waals surface area contributed by atoms with Gasteiger partial charge in [-0.1, -0.05) is 0 Å². The Kier molecular flexibility index (Phi) is 6.13. The molecule has 32 heavy (non-hydrogen) atoms. The van der Waals surface area contributed by atoms with Crippen LogP contribution in [0.4, 0.5) is 26.2 Å². The number of halogens is 1. The predicted molar refractivity (Wildman–Crippen MR) is 118 cm³/mol. The van der Waals surface area contributed by atoms with Gasteiger partial charge < -0.3 is 20.1 Å². The molecule has 0 saturated heterocycles. The van der Waals surface area contributed by atoms with Crippen molar-refractivity contribution in [2.45, 2.75) is 11.3 Å². The third-order valence-corrected chi connectivity index (χ3v) is 5.91. The summed E-state index contributed by atoms with van der Waals surface area (Å²) in [6, 6.07) is 15.4. The summed E-state index contributed by atoms with van der Waals surface area (Å²) in [5.41, 5.74) is 1.20. The quantitative estimate of drug-likeness (QED) is 0.526. The highest BCUT2D eigenvalue weighted by atomic mass is 32.2. The van der Waals surface area contributed by atoms with E-state index in [0.29, 0.717) is 41.8 Å². The number of sulfonamides is 1. The van der Waals surface area contributed by atoms with Crippen LogP contribution in [0.15, 0.2) is 71.6 Å². The van der Waals surface area contributed by atoms with Crippen molar-refractivity contribution in [1.29, 1.82) is 0 Å². The molecule has 0 spiro atoms. The summed E-state index contributed by atoms with van der Waals surface area (Å²) in [7, 11) is -3.85. The van der Waals surface area contributed by atoms with Crippen molar-refractivity contribution in [2.75, 3.05) is 28.6 Å². The molecular weight excluding hydrogens is 437 g/mol. The molecule has 0 bridgehead atoms. The summed E-state index contributed by atoms with van der Waals surface area (Å²) < 4.78 is 52.0. The molecule has 0 aromatic heterocycles. The fourth-order valence-electron chi connectivity index (χ4n) is 2.97. The molecule has 0 unspecified atom stereocenters. The lowest BCUT2D eigenvalue weighted by Crippen LogP contribution is -2.19. The van der Waals surface area contributed by atoms with Crippen LogP contribution in [0.25, 0.3) is 0 Å². The monoisotopic (exact) mass is 457 g/mol. The standard InChI is InChI=1S/C22H20FN3O5S/c23-15-2-4-16(5-3-15)24-22(27)25-17-6-8-18(9-7-17)26-32(28,29)19-10-11-20-21(14-19)31-13-1-12-30-20/h2-11,14,26H,1,12-13H2,(H2,24,25,27). The van der Waals surface area contributed by atoms with Gasteiger partial charge in [0.15, 0.2) is 11.5 Å². The minimum absolute atomic E-state index is 0.0441. The van der Waals surface area contributed by atoms with Crippen molar-refractivity contribution >= 4 is 33.1 Å². The van der Waals surface area contributed by atoms with Crippen LogP contribution >= 0.6 is 0 Å². The summed E-state index contributed by atoms with van der Waals surface area (Å²) in [5, 5.41) is 5.19. The molecule has 0 atom stereocenters. The van der Waals surface area contributed by atoms with Crippen LogP contribution in [0, 0.1) is 5.82 Å². The number of urea groups is 1. The first-order valence-electron chi connectivity index (χ1n) is 9.75. The fraction of sp³-hybridized carbons (Fsp3) is 0.136. The number of carbonyl (C=O) groups is 1. The Morgan fingerprint density at radius 3 is 2.00 bits per heavy atom. The second-order valence-corrected chi connectivity index (χ2v) is 8.61. The molecule has 0 radical (unpaired) electrons. The zero-order chi connectivity index (χ0) is 22.6. The molecule has 0 saturated carbocycles. The normalized spacial score (nSPS) is 13.0. The highest BCUT2D eigenvalue weighted by Crippen LogP contribution is 2.32. The second-order valence-electron chi connectivity index (χ2n) is 6.93. The SMILES string of the molecule is O=C(Nc1ccc(F)cc1)Nc1ccc(NS(=O)(=O)c2ccc3c(c2)OCCCO3)cc1. The van der Waals surface area contributed by atoms with Crippen molar-refractivity contribution in [3.63, 3.8) is 0 Å². The van der Waals surface area contributed by atoms with E-state index in [9.17, 15) is 17.6 Å². The van der Waals surface area contributed by atoms with Crippen LogP contribution in [0.3, 0.4) is 0 Å². The number of amides is 2. The van der Waals surface area contributed by atoms with Gasteiger partial charge in [-0.25, -0.2) is 17.6 Å². The molecule has 4 rings (SSSR count). The Hall–Kier alpha value is -3.79. The molecule has 0 fully saturated rings. The lowest BCUT2D eigenvalue weighted by atomic mass is 10.3. The summed E-state index contributed by atoms with van der Waals surface area (Å²) in [4.78, 5) is 12.1. The Bertz CT molecular complexity index is 1220. The van der Waals surface area contributed by atoms with Crippen LogP contribution < -0.4 is 24.8 Å². The molecule has 1 aliphatic heterocycles. The van der Waals surface area contributed by atoms with E-state index in [1.807, 2.05) is 0 Å². The fourth-order valence-corrected chi connectivity index (χ4v) is 4.05. The van der Waals surface area contributed by atoms with E-state index < -0.39 is 21.9 Å². The first-order valence-corrected chi connectivity index (χ1v) is 11.2. The zero-order valence-electron chi connectivity index (χ0n) is 16.8. The highest BCUT2D eigenvalue weighted by molar-refractivity contribution is 7.92. The number of anilines is 3. The number of rotatable bonds is 5. The maximum absolute atomic E-state index is 12.9. The molecule has 0 aliphatic carbocycles. The van der Waals surface area contributed by atoms with Crippen molar-refractivity contribution in [1.82, 2.24) is 0 Å². The van der Waals surface area contributed by atoms with Gasteiger partial charge in [-0.2, -0.15) is 0 Å². The van der Waals surface area contributed by atoms with Crippen LogP contribution in [-0.2, 0) is 10.0 Å². The molecule has 8 nitrogen and oxygen atoms in total. The van der Waals surface area contributed by atoms with Gasteiger partial charge in [0.1, 0.15) is 5.82 Å². The largest absolute Gasteiger partial charge is 0.490 e. The van der Waals surface area contributed by atoms with Gasteiger partial charge in [-0.05, 0) is 60.7 Å². The molecule has 10 heteroatoms. The summed E-state index contributed by atoms with van der Waals surface area (Å²) in [6.45, 7) is 0.965. The minimum Gasteiger partial charge on any atom is -0.490 e. The number of benzene rings is 3. The third kappa shape index (κ3) is 5.27. The van der Waals surface area contributed by atoms with E-state index in [0.717, 1.165) is 6.42 Å².